The molecule has 1 saturated heterocycles. The maximum absolute atomic E-state index is 13.6. The van der Waals surface area contributed by atoms with Crippen LogP contribution in [-0.2, 0) is 0 Å². The molecule has 3 heteroatoms. The zero-order valence-electron chi connectivity index (χ0n) is 12.2. The summed E-state index contributed by atoms with van der Waals surface area (Å²) in [5, 5.41) is 3.62. The van der Waals surface area contributed by atoms with Crippen LogP contribution in [0.4, 0.5) is 10.1 Å². The number of piperidine rings is 1. The van der Waals surface area contributed by atoms with E-state index in [4.69, 9.17) is 0 Å². The fourth-order valence-corrected chi connectivity index (χ4v) is 2.94. The van der Waals surface area contributed by atoms with E-state index < -0.39 is 0 Å². The zero-order chi connectivity index (χ0) is 13.8. The molecular weight excluding hydrogens is 239 g/mol. The van der Waals surface area contributed by atoms with Crippen molar-refractivity contribution in [2.75, 3.05) is 24.5 Å². The summed E-state index contributed by atoms with van der Waals surface area (Å²) in [5.41, 5.74) is 1.83. The molecule has 0 aromatic heterocycles. The Morgan fingerprint density at radius 1 is 1.42 bits per heavy atom. The Bertz CT molecular complexity index is 419. The zero-order valence-corrected chi connectivity index (χ0v) is 12.2. The number of hydrogen-bond acceptors (Lipinski definition) is 2. The van der Waals surface area contributed by atoms with Crippen molar-refractivity contribution in [1.29, 1.82) is 0 Å². The van der Waals surface area contributed by atoms with Crippen LogP contribution in [0.1, 0.15) is 32.3 Å². The lowest BCUT2D eigenvalue weighted by Gasteiger charge is -2.39. The molecule has 2 nitrogen and oxygen atoms in total. The first-order valence-corrected chi connectivity index (χ1v) is 7.37. The first kappa shape index (κ1) is 14.3. The number of nitrogens with zero attached hydrogens (tertiary/aromatic N) is 1. The van der Waals surface area contributed by atoms with Crippen molar-refractivity contribution >= 4 is 5.69 Å². The molecule has 1 aromatic rings. The van der Waals surface area contributed by atoms with Crippen LogP contribution in [0.15, 0.2) is 18.2 Å². The summed E-state index contributed by atoms with van der Waals surface area (Å²) in [7, 11) is 0. The molecule has 0 saturated carbocycles. The van der Waals surface area contributed by atoms with E-state index in [1.54, 1.807) is 0 Å². The molecule has 0 radical (unpaired) electrons. The predicted molar refractivity (Wildman–Crippen MR) is 79.2 cm³/mol. The molecular formula is C16H25FN2. The van der Waals surface area contributed by atoms with Crippen molar-refractivity contribution in [1.82, 2.24) is 5.32 Å². The molecule has 1 fully saturated rings. The second-order valence-electron chi connectivity index (χ2n) is 5.66. The molecule has 0 amide bonds. The van der Waals surface area contributed by atoms with E-state index in [1.165, 1.54) is 12.5 Å². The highest BCUT2D eigenvalue weighted by molar-refractivity contribution is 5.54. The average molecular weight is 264 g/mol. The topological polar surface area (TPSA) is 15.3 Å². The second-order valence-corrected chi connectivity index (χ2v) is 5.66. The van der Waals surface area contributed by atoms with E-state index in [2.05, 4.69) is 24.1 Å². The summed E-state index contributed by atoms with van der Waals surface area (Å²) in [6.07, 6.45) is 2.31. The number of rotatable bonds is 4. The Morgan fingerprint density at radius 3 is 2.89 bits per heavy atom. The Balaban J connectivity index is 2.03. The van der Waals surface area contributed by atoms with Gasteiger partial charge in [-0.05, 0) is 44.4 Å². The fourth-order valence-electron chi connectivity index (χ4n) is 2.94. The summed E-state index contributed by atoms with van der Waals surface area (Å²) in [6.45, 7) is 9.46. The maximum atomic E-state index is 13.6. The highest BCUT2D eigenvalue weighted by Gasteiger charge is 2.26. The normalized spacial score (nSPS) is 23.7. The minimum absolute atomic E-state index is 0.101. The lowest BCUT2D eigenvalue weighted by atomic mass is 9.93. The Hall–Kier alpha value is -1.09. The molecule has 0 spiro atoms. The molecule has 106 valence electrons. The van der Waals surface area contributed by atoms with Gasteiger partial charge in [-0.1, -0.05) is 19.9 Å². The molecule has 19 heavy (non-hydrogen) atoms. The van der Waals surface area contributed by atoms with Gasteiger partial charge < -0.3 is 10.2 Å². The van der Waals surface area contributed by atoms with Crippen LogP contribution in [0.5, 0.6) is 0 Å². The lowest BCUT2D eigenvalue weighted by molar-refractivity contribution is 0.322. The number of nitrogens with one attached hydrogen (secondary N) is 1. The van der Waals surface area contributed by atoms with Crippen molar-refractivity contribution in [3.63, 3.8) is 0 Å². The number of hydrogen-bond donors (Lipinski definition) is 1. The minimum Gasteiger partial charge on any atom is -0.371 e. The van der Waals surface area contributed by atoms with Crippen molar-refractivity contribution < 1.29 is 4.39 Å². The summed E-state index contributed by atoms with van der Waals surface area (Å²) < 4.78 is 13.6. The minimum atomic E-state index is -0.101. The highest BCUT2D eigenvalue weighted by atomic mass is 19.1. The van der Waals surface area contributed by atoms with Crippen molar-refractivity contribution in [3.8, 4) is 0 Å². The monoisotopic (exact) mass is 264 g/mol. The Labute approximate surface area is 116 Å². The van der Waals surface area contributed by atoms with Gasteiger partial charge in [0.25, 0.3) is 0 Å². The third-order valence-electron chi connectivity index (χ3n) is 4.14. The average Bonchev–Trinajstić information content (AvgIpc) is 2.40. The quantitative estimate of drug-likeness (QED) is 0.897. The number of benzene rings is 1. The summed E-state index contributed by atoms with van der Waals surface area (Å²) in [6, 6.07) is 5.98. The van der Waals surface area contributed by atoms with Gasteiger partial charge in [0.1, 0.15) is 5.82 Å². The third kappa shape index (κ3) is 3.27. The Morgan fingerprint density at radius 2 is 2.21 bits per heavy atom. The van der Waals surface area contributed by atoms with Crippen molar-refractivity contribution in [2.45, 2.75) is 39.7 Å². The molecule has 1 aliphatic rings. The van der Waals surface area contributed by atoms with E-state index in [0.717, 1.165) is 37.3 Å². The SMILES string of the molecule is CCCNC1CCN(c2cccc(F)c2C)CC1C. The molecule has 2 unspecified atom stereocenters. The van der Waals surface area contributed by atoms with E-state index in [0.29, 0.717) is 12.0 Å². The second kappa shape index (κ2) is 6.38. The maximum Gasteiger partial charge on any atom is 0.128 e. The van der Waals surface area contributed by atoms with Crippen molar-refractivity contribution in [2.24, 2.45) is 5.92 Å². The summed E-state index contributed by atoms with van der Waals surface area (Å²) >= 11 is 0. The fraction of sp³-hybridized carbons (Fsp3) is 0.625. The highest BCUT2D eigenvalue weighted by Crippen LogP contribution is 2.27. The van der Waals surface area contributed by atoms with E-state index >= 15 is 0 Å². The van der Waals surface area contributed by atoms with Crippen molar-refractivity contribution in [3.05, 3.63) is 29.6 Å². The molecule has 1 N–H and O–H groups in total. The largest absolute Gasteiger partial charge is 0.371 e. The molecule has 2 atom stereocenters. The van der Waals surface area contributed by atoms with Crippen LogP contribution >= 0.6 is 0 Å². The van der Waals surface area contributed by atoms with Gasteiger partial charge >= 0.3 is 0 Å². The third-order valence-corrected chi connectivity index (χ3v) is 4.14. The molecule has 2 rings (SSSR count). The first-order chi connectivity index (χ1) is 9.13. The van der Waals surface area contributed by atoms with Gasteiger partial charge in [0, 0.05) is 30.4 Å². The van der Waals surface area contributed by atoms with E-state index in [1.807, 2.05) is 19.1 Å². The summed E-state index contributed by atoms with van der Waals surface area (Å²) in [4.78, 5) is 2.33. The van der Waals surface area contributed by atoms with Gasteiger partial charge in [-0.2, -0.15) is 0 Å². The van der Waals surface area contributed by atoms with Gasteiger partial charge in [-0.3, -0.25) is 0 Å². The van der Waals surface area contributed by atoms with Gasteiger partial charge in [-0.15, -0.1) is 0 Å². The van der Waals surface area contributed by atoms with Crippen LogP contribution in [0.25, 0.3) is 0 Å². The molecule has 1 aromatic carbocycles. The van der Waals surface area contributed by atoms with Crippen LogP contribution in [0.3, 0.4) is 0 Å². The number of halogens is 1. The smallest absolute Gasteiger partial charge is 0.128 e. The van der Waals surface area contributed by atoms with Crippen LogP contribution in [-0.4, -0.2) is 25.7 Å². The van der Waals surface area contributed by atoms with E-state index in [-0.39, 0.29) is 5.82 Å². The molecule has 0 bridgehead atoms. The van der Waals surface area contributed by atoms with Crippen LogP contribution < -0.4 is 10.2 Å². The van der Waals surface area contributed by atoms with Gasteiger partial charge in [0.15, 0.2) is 0 Å². The standard InChI is InChI=1S/C16H25FN2/c1-4-9-18-15-8-10-19(11-12(15)2)16-7-5-6-14(17)13(16)3/h5-7,12,15,18H,4,8-11H2,1-3H3. The van der Waals surface area contributed by atoms with Crippen LogP contribution in [0.2, 0.25) is 0 Å². The predicted octanol–water partition coefficient (Wildman–Crippen LogP) is 3.35. The summed E-state index contributed by atoms with van der Waals surface area (Å²) in [5.74, 6) is 0.499. The van der Waals surface area contributed by atoms with E-state index in [9.17, 15) is 4.39 Å². The Kier molecular flexibility index (Phi) is 4.81. The first-order valence-electron chi connectivity index (χ1n) is 7.37. The number of anilines is 1. The van der Waals surface area contributed by atoms with Crippen LogP contribution in [0, 0.1) is 18.7 Å². The van der Waals surface area contributed by atoms with Gasteiger partial charge in [0.05, 0.1) is 0 Å². The molecule has 1 heterocycles. The van der Waals surface area contributed by atoms with Gasteiger partial charge in [-0.25, -0.2) is 4.39 Å². The molecule has 0 aliphatic carbocycles. The molecule has 1 aliphatic heterocycles. The lowest BCUT2D eigenvalue weighted by Crippen LogP contribution is -2.48. The van der Waals surface area contributed by atoms with Gasteiger partial charge in [0.2, 0.25) is 0 Å².